The van der Waals surface area contributed by atoms with Crippen molar-refractivity contribution in [1.82, 2.24) is 5.32 Å². The van der Waals surface area contributed by atoms with Gasteiger partial charge in [0, 0.05) is 22.5 Å². The second kappa shape index (κ2) is 10.0. The van der Waals surface area contributed by atoms with Gasteiger partial charge in [-0.05, 0) is 68.9 Å². The fraction of sp³-hybridized carbons (Fsp3) is 0. The van der Waals surface area contributed by atoms with Crippen LogP contribution in [0.4, 0.5) is 0 Å². The molecule has 0 radical (unpaired) electrons. The lowest BCUT2D eigenvalue weighted by Crippen LogP contribution is -2.17. The minimum atomic E-state index is 0.440. The quantitative estimate of drug-likeness (QED) is 0.225. The van der Waals surface area contributed by atoms with Gasteiger partial charge in [-0.15, -0.1) is 0 Å². The van der Waals surface area contributed by atoms with Gasteiger partial charge in [0.15, 0.2) is 0 Å². The van der Waals surface area contributed by atoms with E-state index in [-0.39, 0.29) is 0 Å². The number of hydrogen-bond donors (Lipinski definition) is 2. The minimum absolute atomic E-state index is 0.440. The molecular weight excluding hydrogens is 488 g/mol. The first kappa shape index (κ1) is 23.7. The van der Waals surface area contributed by atoms with E-state index in [1.54, 1.807) is 6.26 Å². The summed E-state index contributed by atoms with van der Waals surface area (Å²) in [6.07, 6.45) is 5.78. The SMILES string of the molecule is N=C(/C=C1\NC(c2ccccc2)=Cc2ccc(-c3ccco3)cc21)c1ccc(-c2cccc3ccccc23)cc1. The normalized spacial score (nSPS) is 13.5. The fourth-order valence-corrected chi connectivity index (χ4v) is 5.34. The second-order valence-electron chi connectivity index (χ2n) is 9.90. The molecule has 7 rings (SSSR count). The lowest BCUT2D eigenvalue weighted by atomic mass is 9.93. The highest BCUT2D eigenvalue weighted by atomic mass is 16.3. The van der Waals surface area contributed by atoms with Gasteiger partial charge >= 0.3 is 0 Å². The molecule has 5 aromatic carbocycles. The first-order chi connectivity index (χ1) is 19.7. The molecule has 3 heteroatoms. The van der Waals surface area contributed by atoms with Crippen molar-refractivity contribution in [2.24, 2.45) is 0 Å². The number of benzene rings is 5. The summed E-state index contributed by atoms with van der Waals surface area (Å²) in [4.78, 5) is 0. The van der Waals surface area contributed by atoms with Crippen molar-refractivity contribution in [3.8, 4) is 22.5 Å². The third-order valence-corrected chi connectivity index (χ3v) is 7.39. The van der Waals surface area contributed by atoms with E-state index in [0.29, 0.717) is 5.71 Å². The zero-order valence-corrected chi connectivity index (χ0v) is 21.8. The van der Waals surface area contributed by atoms with Crippen LogP contribution in [0.5, 0.6) is 0 Å². The van der Waals surface area contributed by atoms with Gasteiger partial charge in [-0.25, -0.2) is 0 Å². The molecule has 0 atom stereocenters. The Labute approximate surface area is 233 Å². The highest BCUT2D eigenvalue weighted by molar-refractivity contribution is 6.12. The zero-order chi connectivity index (χ0) is 26.9. The van der Waals surface area contributed by atoms with Gasteiger partial charge in [0.2, 0.25) is 0 Å². The molecule has 190 valence electrons. The molecular formula is C37H26N2O. The van der Waals surface area contributed by atoms with Crippen LogP contribution >= 0.6 is 0 Å². The maximum atomic E-state index is 9.02. The second-order valence-corrected chi connectivity index (χ2v) is 9.90. The average Bonchev–Trinajstić information content (AvgIpc) is 3.56. The molecule has 0 fully saturated rings. The monoisotopic (exact) mass is 514 g/mol. The van der Waals surface area contributed by atoms with Crippen LogP contribution in [0.25, 0.3) is 50.7 Å². The molecule has 0 bridgehead atoms. The molecule has 6 aromatic rings. The first-order valence-corrected chi connectivity index (χ1v) is 13.3. The third-order valence-electron chi connectivity index (χ3n) is 7.39. The van der Waals surface area contributed by atoms with Crippen LogP contribution in [0, 0.1) is 5.41 Å². The summed E-state index contributed by atoms with van der Waals surface area (Å²) in [7, 11) is 0. The van der Waals surface area contributed by atoms with Crippen molar-refractivity contribution in [1.29, 1.82) is 5.41 Å². The third kappa shape index (κ3) is 4.44. The van der Waals surface area contributed by atoms with Crippen LogP contribution in [0.3, 0.4) is 0 Å². The van der Waals surface area contributed by atoms with Crippen LogP contribution < -0.4 is 5.32 Å². The van der Waals surface area contributed by atoms with E-state index in [4.69, 9.17) is 9.83 Å². The summed E-state index contributed by atoms with van der Waals surface area (Å²) in [6.45, 7) is 0. The number of allylic oxidation sites excluding steroid dienone is 1. The maximum Gasteiger partial charge on any atom is 0.133 e. The first-order valence-electron chi connectivity index (χ1n) is 13.3. The Morgan fingerprint density at radius 1 is 0.650 bits per heavy atom. The van der Waals surface area contributed by atoms with E-state index >= 15 is 0 Å². The molecule has 40 heavy (non-hydrogen) atoms. The van der Waals surface area contributed by atoms with Crippen LogP contribution in [0.15, 0.2) is 144 Å². The molecule has 0 saturated carbocycles. The van der Waals surface area contributed by atoms with Crippen molar-refractivity contribution in [2.75, 3.05) is 0 Å². The zero-order valence-electron chi connectivity index (χ0n) is 21.8. The van der Waals surface area contributed by atoms with E-state index in [1.807, 2.05) is 48.5 Å². The summed E-state index contributed by atoms with van der Waals surface area (Å²) < 4.78 is 5.66. The van der Waals surface area contributed by atoms with Crippen LogP contribution in [-0.4, -0.2) is 5.71 Å². The molecule has 1 aromatic heterocycles. The molecule has 1 aliphatic rings. The van der Waals surface area contributed by atoms with E-state index in [0.717, 1.165) is 50.5 Å². The van der Waals surface area contributed by atoms with Gasteiger partial charge in [0.05, 0.1) is 12.0 Å². The van der Waals surface area contributed by atoms with E-state index in [9.17, 15) is 0 Å². The molecule has 0 spiro atoms. The number of hydrogen-bond acceptors (Lipinski definition) is 3. The molecule has 0 unspecified atom stereocenters. The lowest BCUT2D eigenvalue weighted by molar-refractivity contribution is 0.582. The van der Waals surface area contributed by atoms with Crippen molar-refractivity contribution < 1.29 is 4.42 Å². The summed E-state index contributed by atoms with van der Waals surface area (Å²) in [5, 5.41) is 15.1. The minimum Gasteiger partial charge on any atom is -0.464 e. The molecule has 0 saturated heterocycles. The predicted molar refractivity (Wildman–Crippen MR) is 166 cm³/mol. The van der Waals surface area contributed by atoms with Gasteiger partial charge in [0.25, 0.3) is 0 Å². The molecule has 3 nitrogen and oxygen atoms in total. The number of furan rings is 1. The Morgan fingerprint density at radius 3 is 2.25 bits per heavy atom. The number of rotatable bonds is 5. The Balaban J connectivity index is 1.26. The van der Waals surface area contributed by atoms with Gasteiger partial charge < -0.3 is 15.1 Å². The molecule has 2 heterocycles. The topological polar surface area (TPSA) is 49.0 Å². The average molecular weight is 515 g/mol. The standard InChI is InChI=1S/C37H26N2O/c38-34(27-17-15-26(16-18-27)32-13-6-11-25-8-4-5-12-31(25)32)24-36-33-22-30(37-14-7-21-40-37)20-19-29(33)23-35(39-36)28-9-2-1-3-10-28/h1-24,38-39H/b36-24-,38-34?. The van der Waals surface area contributed by atoms with Gasteiger partial charge in [-0.2, -0.15) is 0 Å². The summed E-state index contributed by atoms with van der Waals surface area (Å²) in [5.41, 5.74) is 9.74. The Kier molecular flexibility index (Phi) is 5.95. The summed E-state index contributed by atoms with van der Waals surface area (Å²) in [5.74, 6) is 0.819. The van der Waals surface area contributed by atoms with Gasteiger partial charge in [-0.1, -0.05) is 109 Å². The summed E-state index contributed by atoms with van der Waals surface area (Å²) >= 11 is 0. The fourth-order valence-electron chi connectivity index (χ4n) is 5.34. The van der Waals surface area contributed by atoms with Crippen molar-refractivity contribution in [2.45, 2.75) is 0 Å². The van der Waals surface area contributed by atoms with Crippen molar-refractivity contribution in [3.63, 3.8) is 0 Å². The molecule has 0 amide bonds. The van der Waals surface area contributed by atoms with Crippen molar-refractivity contribution >= 4 is 34.0 Å². The summed E-state index contributed by atoms with van der Waals surface area (Å²) in [6, 6.07) is 43.6. The van der Waals surface area contributed by atoms with Gasteiger partial charge in [0.1, 0.15) is 5.76 Å². The van der Waals surface area contributed by atoms with E-state index in [1.165, 1.54) is 16.3 Å². The number of fused-ring (bicyclic) bond motifs is 2. The van der Waals surface area contributed by atoms with Gasteiger partial charge in [-0.3, -0.25) is 0 Å². The van der Waals surface area contributed by atoms with Crippen LogP contribution in [0.2, 0.25) is 0 Å². The smallest absolute Gasteiger partial charge is 0.133 e. The predicted octanol–water partition coefficient (Wildman–Crippen LogP) is 9.28. The van der Waals surface area contributed by atoms with E-state index in [2.05, 4.69) is 96.3 Å². The van der Waals surface area contributed by atoms with Crippen LogP contribution in [-0.2, 0) is 0 Å². The Morgan fingerprint density at radius 2 is 1.43 bits per heavy atom. The van der Waals surface area contributed by atoms with E-state index < -0.39 is 0 Å². The molecule has 0 aliphatic carbocycles. The van der Waals surface area contributed by atoms with Crippen molar-refractivity contribution in [3.05, 3.63) is 162 Å². The maximum absolute atomic E-state index is 9.02. The van der Waals surface area contributed by atoms with Crippen LogP contribution in [0.1, 0.15) is 22.3 Å². The Bertz CT molecular complexity index is 1910. The Hall–Kier alpha value is -5.41. The number of nitrogens with one attached hydrogen (secondary N) is 2. The molecule has 1 aliphatic heterocycles. The highest BCUT2D eigenvalue weighted by Gasteiger charge is 2.18. The lowest BCUT2D eigenvalue weighted by Gasteiger charge is -2.23. The largest absolute Gasteiger partial charge is 0.464 e. The molecule has 2 N–H and O–H groups in total. The highest BCUT2D eigenvalue weighted by Crippen LogP contribution is 2.34.